The van der Waals surface area contributed by atoms with Gasteiger partial charge >= 0.3 is 0 Å². The molecule has 1 atom stereocenters. The summed E-state index contributed by atoms with van der Waals surface area (Å²) in [6.07, 6.45) is 2.32. The minimum absolute atomic E-state index is 0.187. The number of piperidine rings is 1. The molecule has 1 aromatic carbocycles. The number of hydrogen-bond acceptors (Lipinski definition) is 3. The molecule has 0 aliphatic carbocycles. The fourth-order valence-corrected chi connectivity index (χ4v) is 3.12. The van der Waals surface area contributed by atoms with Gasteiger partial charge in [-0.3, -0.25) is 0 Å². The minimum Gasteiger partial charge on any atom is -0.371 e. The van der Waals surface area contributed by atoms with Crippen LogP contribution in [-0.2, 0) is 0 Å². The molecule has 2 rings (SSSR count). The lowest BCUT2D eigenvalue weighted by atomic mass is 9.95. The molecule has 0 aromatic heterocycles. The van der Waals surface area contributed by atoms with E-state index in [1.807, 2.05) is 13.0 Å². The molecule has 3 nitrogen and oxygen atoms in total. The first-order valence-corrected chi connectivity index (χ1v) is 7.42. The number of anilines is 1. The highest BCUT2D eigenvalue weighted by atomic mass is 19.1. The summed E-state index contributed by atoms with van der Waals surface area (Å²) in [7, 11) is 4.24. The second kappa shape index (κ2) is 6.55. The Hall–Kier alpha value is -1.13. The molecule has 0 saturated carbocycles. The molecule has 0 radical (unpaired) electrons. The second-order valence-corrected chi connectivity index (χ2v) is 6.15. The minimum atomic E-state index is -0.273. The zero-order valence-electron chi connectivity index (χ0n) is 12.8. The van der Waals surface area contributed by atoms with E-state index in [-0.39, 0.29) is 11.9 Å². The van der Waals surface area contributed by atoms with Gasteiger partial charge in [0.1, 0.15) is 5.82 Å². The van der Waals surface area contributed by atoms with Gasteiger partial charge in [0.25, 0.3) is 0 Å². The quantitative estimate of drug-likeness (QED) is 0.919. The van der Waals surface area contributed by atoms with E-state index in [2.05, 4.69) is 23.9 Å². The lowest BCUT2D eigenvalue weighted by Crippen LogP contribution is -2.38. The summed E-state index contributed by atoms with van der Waals surface area (Å²) < 4.78 is 14.0. The third-order valence-electron chi connectivity index (χ3n) is 4.06. The van der Waals surface area contributed by atoms with E-state index in [1.54, 1.807) is 6.07 Å². The van der Waals surface area contributed by atoms with Gasteiger partial charge in [0.15, 0.2) is 0 Å². The Kier molecular flexibility index (Phi) is 5.00. The third-order valence-corrected chi connectivity index (χ3v) is 4.06. The van der Waals surface area contributed by atoms with Crippen molar-refractivity contribution in [2.24, 2.45) is 11.7 Å². The highest BCUT2D eigenvalue weighted by Gasteiger charge is 2.23. The largest absolute Gasteiger partial charge is 0.371 e. The molecule has 1 aliphatic heterocycles. The van der Waals surface area contributed by atoms with E-state index in [0.29, 0.717) is 5.56 Å². The molecule has 0 amide bonds. The molecule has 0 bridgehead atoms. The Morgan fingerprint density at radius 1 is 1.35 bits per heavy atom. The topological polar surface area (TPSA) is 32.5 Å². The van der Waals surface area contributed by atoms with Crippen LogP contribution < -0.4 is 10.6 Å². The molecular weight excluding hydrogens is 253 g/mol. The highest BCUT2D eigenvalue weighted by molar-refractivity contribution is 5.55. The molecule has 20 heavy (non-hydrogen) atoms. The van der Waals surface area contributed by atoms with E-state index in [9.17, 15) is 4.39 Å². The summed E-state index contributed by atoms with van der Waals surface area (Å²) in [5, 5.41) is 0. The first-order chi connectivity index (χ1) is 9.49. The van der Waals surface area contributed by atoms with Crippen molar-refractivity contribution in [2.75, 3.05) is 38.6 Å². The molecule has 1 heterocycles. The lowest BCUT2D eigenvalue weighted by molar-refractivity contribution is 0.285. The molecule has 1 aromatic rings. The lowest BCUT2D eigenvalue weighted by Gasteiger charge is -2.36. The molecule has 0 spiro atoms. The molecule has 2 N–H and O–H groups in total. The predicted molar refractivity (Wildman–Crippen MR) is 82.5 cm³/mol. The van der Waals surface area contributed by atoms with Gasteiger partial charge in [0, 0.05) is 36.9 Å². The maximum absolute atomic E-state index is 14.0. The second-order valence-electron chi connectivity index (χ2n) is 6.15. The van der Waals surface area contributed by atoms with Crippen LogP contribution in [0, 0.1) is 11.7 Å². The van der Waals surface area contributed by atoms with Gasteiger partial charge in [0.2, 0.25) is 0 Å². The van der Waals surface area contributed by atoms with Crippen LogP contribution in [0.1, 0.15) is 31.4 Å². The van der Waals surface area contributed by atoms with Crippen molar-refractivity contribution in [2.45, 2.75) is 25.8 Å². The fourth-order valence-electron chi connectivity index (χ4n) is 3.12. The SMILES string of the molecule is C[C@@H](N)c1c(F)cccc1N1CCC(CN(C)C)CC1. The summed E-state index contributed by atoms with van der Waals surface area (Å²) in [5.41, 5.74) is 7.57. The average Bonchev–Trinajstić information content (AvgIpc) is 2.38. The Balaban J connectivity index is 2.09. The number of halogens is 1. The van der Waals surface area contributed by atoms with Crippen molar-refractivity contribution in [1.29, 1.82) is 0 Å². The summed E-state index contributed by atoms with van der Waals surface area (Å²) >= 11 is 0. The standard InChI is InChI=1S/C16H26FN3/c1-12(18)16-14(17)5-4-6-15(16)20-9-7-13(8-10-20)11-19(2)3/h4-6,12-13H,7-11,18H2,1-3H3/t12-/m1/s1. The fraction of sp³-hybridized carbons (Fsp3) is 0.625. The van der Waals surface area contributed by atoms with Crippen LogP contribution in [-0.4, -0.2) is 38.6 Å². The van der Waals surface area contributed by atoms with Crippen LogP contribution in [0.4, 0.5) is 10.1 Å². The van der Waals surface area contributed by atoms with Crippen molar-refractivity contribution >= 4 is 5.69 Å². The Morgan fingerprint density at radius 2 is 2.00 bits per heavy atom. The summed E-state index contributed by atoms with van der Waals surface area (Å²) in [6.45, 7) is 4.96. The normalized spacial score (nSPS) is 18.6. The van der Waals surface area contributed by atoms with Gasteiger partial charge in [-0.2, -0.15) is 0 Å². The van der Waals surface area contributed by atoms with Gasteiger partial charge in [-0.1, -0.05) is 6.07 Å². The third kappa shape index (κ3) is 3.49. The van der Waals surface area contributed by atoms with Gasteiger partial charge in [-0.05, 0) is 51.9 Å². The molecule has 1 fully saturated rings. The Morgan fingerprint density at radius 3 is 2.55 bits per heavy atom. The molecule has 112 valence electrons. The summed E-state index contributed by atoms with van der Waals surface area (Å²) in [4.78, 5) is 4.53. The Bertz CT molecular complexity index is 437. The van der Waals surface area contributed by atoms with Gasteiger partial charge in [0.05, 0.1) is 0 Å². The smallest absolute Gasteiger partial charge is 0.130 e. The van der Waals surface area contributed by atoms with Crippen LogP contribution in [0.15, 0.2) is 18.2 Å². The van der Waals surface area contributed by atoms with E-state index in [0.717, 1.165) is 44.1 Å². The maximum Gasteiger partial charge on any atom is 0.130 e. The maximum atomic E-state index is 14.0. The van der Waals surface area contributed by atoms with Crippen molar-refractivity contribution in [3.8, 4) is 0 Å². The highest BCUT2D eigenvalue weighted by Crippen LogP contribution is 2.31. The number of benzene rings is 1. The van der Waals surface area contributed by atoms with Crippen molar-refractivity contribution in [1.82, 2.24) is 4.90 Å². The zero-order valence-corrected chi connectivity index (χ0v) is 12.8. The van der Waals surface area contributed by atoms with Crippen LogP contribution in [0.3, 0.4) is 0 Å². The van der Waals surface area contributed by atoms with E-state index < -0.39 is 0 Å². The van der Waals surface area contributed by atoms with Crippen LogP contribution in [0.25, 0.3) is 0 Å². The van der Waals surface area contributed by atoms with E-state index in [4.69, 9.17) is 5.73 Å². The molecular formula is C16H26FN3. The van der Waals surface area contributed by atoms with Gasteiger partial charge < -0.3 is 15.5 Å². The van der Waals surface area contributed by atoms with E-state index >= 15 is 0 Å². The monoisotopic (exact) mass is 279 g/mol. The molecule has 0 unspecified atom stereocenters. The van der Waals surface area contributed by atoms with Crippen molar-refractivity contribution < 1.29 is 4.39 Å². The summed E-state index contributed by atoms with van der Waals surface area (Å²) in [6, 6.07) is 5.00. The first kappa shape index (κ1) is 15.3. The number of nitrogens with two attached hydrogens (primary N) is 1. The number of hydrogen-bond donors (Lipinski definition) is 1. The van der Waals surface area contributed by atoms with Gasteiger partial charge in [-0.25, -0.2) is 4.39 Å². The number of rotatable bonds is 4. The van der Waals surface area contributed by atoms with Crippen LogP contribution >= 0.6 is 0 Å². The molecule has 4 heteroatoms. The van der Waals surface area contributed by atoms with Crippen molar-refractivity contribution in [3.63, 3.8) is 0 Å². The zero-order chi connectivity index (χ0) is 14.7. The average molecular weight is 279 g/mol. The molecule has 1 saturated heterocycles. The van der Waals surface area contributed by atoms with Crippen LogP contribution in [0.2, 0.25) is 0 Å². The van der Waals surface area contributed by atoms with Gasteiger partial charge in [-0.15, -0.1) is 0 Å². The van der Waals surface area contributed by atoms with Crippen LogP contribution in [0.5, 0.6) is 0 Å². The predicted octanol–water partition coefficient (Wildman–Crippen LogP) is 2.62. The van der Waals surface area contributed by atoms with E-state index in [1.165, 1.54) is 6.07 Å². The van der Waals surface area contributed by atoms with Crippen molar-refractivity contribution in [3.05, 3.63) is 29.6 Å². The molecule has 1 aliphatic rings. The Labute approximate surface area is 121 Å². The summed E-state index contributed by atoms with van der Waals surface area (Å²) in [5.74, 6) is 0.557. The first-order valence-electron chi connectivity index (χ1n) is 7.42. The number of nitrogens with zero attached hydrogens (tertiary/aromatic N) is 2.